The van der Waals surface area contributed by atoms with Crippen molar-refractivity contribution in [2.45, 2.75) is 25.4 Å². The van der Waals surface area contributed by atoms with E-state index in [9.17, 15) is 34.2 Å². The highest BCUT2D eigenvalue weighted by Crippen LogP contribution is 2.22. The molecule has 15 heteroatoms. The molecule has 1 aromatic carbocycles. The zero-order valence-corrected chi connectivity index (χ0v) is 23.6. The number of piperazine rings is 1. The van der Waals surface area contributed by atoms with Gasteiger partial charge in [-0.05, 0) is 13.3 Å². The summed E-state index contributed by atoms with van der Waals surface area (Å²) in [6.45, 7) is 4.14. The maximum absolute atomic E-state index is 13.7. The molecule has 0 saturated carbocycles. The number of carboxylic acid groups (broad SMARTS) is 2. The molecule has 0 bridgehead atoms. The quantitative estimate of drug-likeness (QED) is 0.257. The minimum Gasteiger partial charge on any atom is -0.481 e. The molecular weight excluding hydrogens is 564 g/mol. The van der Waals surface area contributed by atoms with Crippen molar-refractivity contribution < 1.29 is 43.7 Å². The number of hydrogen-bond donors (Lipinski definition) is 4. The lowest BCUT2D eigenvalue weighted by molar-refractivity contribution is -0.155. The summed E-state index contributed by atoms with van der Waals surface area (Å²) >= 11 is 0. The van der Waals surface area contributed by atoms with Crippen LogP contribution in [0.4, 0.5) is 10.6 Å². The van der Waals surface area contributed by atoms with Crippen LogP contribution < -0.4 is 15.5 Å². The highest BCUT2D eigenvalue weighted by atomic mass is 16.6. The number of ether oxygens (including phenoxy) is 2. The van der Waals surface area contributed by atoms with Crippen LogP contribution in [0.25, 0.3) is 11.4 Å². The molecule has 43 heavy (non-hydrogen) atoms. The SMILES string of the molecule is CCOC(=O)N1CCNC(C(=O)C(CC(C(=O)O)C(=O)O)NC(=O)c2cc(N3CCOCC3)nc(-c3ccccc3)n2)C1. The standard InChI is InChI=1S/C28H34N6O9/c1-2-43-28(41)34-9-8-29-21(16-34)23(35)19(14-18(26(37)38)27(39)40)31-25(36)20-15-22(33-10-12-42-13-11-33)32-24(30-20)17-6-4-3-5-7-17/h3-7,15,18-19,21,29H,2,8-14,16H2,1H3,(H,31,36)(H,37,38)(H,39,40). The third-order valence-electron chi connectivity index (χ3n) is 7.07. The third kappa shape index (κ3) is 8.02. The van der Waals surface area contributed by atoms with Gasteiger partial charge in [-0.15, -0.1) is 0 Å². The van der Waals surface area contributed by atoms with Crippen LogP contribution in [0.15, 0.2) is 36.4 Å². The van der Waals surface area contributed by atoms with E-state index in [1.165, 1.54) is 11.0 Å². The molecule has 2 unspecified atom stereocenters. The zero-order chi connectivity index (χ0) is 30.9. The molecule has 0 aliphatic carbocycles. The van der Waals surface area contributed by atoms with Crippen LogP contribution >= 0.6 is 0 Å². The monoisotopic (exact) mass is 598 g/mol. The number of ketones is 1. The van der Waals surface area contributed by atoms with E-state index in [0.29, 0.717) is 37.7 Å². The first kappa shape index (κ1) is 31.3. The molecule has 2 aromatic rings. The molecule has 2 aliphatic rings. The van der Waals surface area contributed by atoms with Crippen molar-refractivity contribution in [1.29, 1.82) is 0 Å². The number of carbonyl (C=O) groups is 5. The fourth-order valence-corrected chi connectivity index (χ4v) is 4.81. The summed E-state index contributed by atoms with van der Waals surface area (Å²) in [6.07, 6.45) is -1.35. The Hall–Kier alpha value is -4.63. The fraction of sp³-hybridized carbons (Fsp3) is 0.464. The van der Waals surface area contributed by atoms with Crippen LogP contribution in [0.2, 0.25) is 0 Å². The van der Waals surface area contributed by atoms with Crippen LogP contribution in [-0.4, -0.2) is 119 Å². The number of rotatable bonds is 11. The van der Waals surface area contributed by atoms with Crippen LogP contribution in [0.5, 0.6) is 0 Å². The summed E-state index contributed by atoms with van der Waals surface area (Å²) in [4.78, 5) is 75.4. The predicted molar refractivity (Wildman–Crippen MR) is 151 cm³/mol. The maximum Gasteiger partial charge on any atom is 0.409 e. The Bertz CT molecular complexity index is 1320. The molecule has 2 aliphatic heterocycles. The Labute approximate surface area is 247 Å². The Morgan fingerprint density at radius 3 is 2.42 bits per heavy atom. The molecule has 230 valence electrons. The number of nitrogens with one attached hydrogen (secondary N) is 2. The molecule has 3 heterocycles. The molecule has 0 spiro atoms. The average molecular weight is 599 g/mol. The Balaban J connectivity index is 1.64. The Kier molecular flexibility index (Phi) is 10.6. The van der Waals surface area contributed by atoms with Crippen LogP contribution in [0, 0.1) is 5.92 Å². The molecule has 1 aromatic heterocycles. The van der Waals surface area contributed by atoms with Gasteiger partial charge < -0.3 is 40.1 Å². The highest BCUT2D eigenvalue weighted by molar-refractivity contribution is 6.00. The van der Waals surface area contributed by atoms with E-state index >= 15 is 0 Å². The number of carboxylic acids is 2. The number of aliphatic carboxylic acids is 2. The van der Waals surface area contributed by atoms with Gasteiger partial charge in [0.2, 0.25) is 0 Å². The maximum atomic E-state index is 13.7. The van der Waals surface area contributed by atoms with Gasteiger partial charge in [-0.1, -0.05) is 30.3 Å². The normalized spacial score (nSPS) is 17.7. The summed E-state index contributed by atoms with van der Waals surface area (Å²) in [5.41, 5.74) is 0.543. The second-order valence-corrected chi connectivity index (χ2v) is 9.95. The lowest BCUT2D eigenvalue weighted by Crippen LogP contribution is -2.60. The van der Waals surface area contributed by atoms with Gasteiger partial charge in [0.05, 0.1) is 31.9 Å². The van der Waals surface area contributed by atoms with Gasteiger partial charge in [0.1, 0.15) is 11.5 Å². The van der Waals surface area contributed by atoms with E-state index in [1.807, 2.05) is 11.0 Å². The Morgan fingerprint density at radius 1 is 1.07 bits per heavy atom. The lowest BCUT2D eigenvalue weighted by Gasteiger charge is -2.34. The van der Waals surface area contributed by atoms with Crippen LogP contribution in [0.1, 0.15) is 23.8 Å². The molecule has 0 radical (unpaired) electrons. The fourth-order valence-electron chi connectivity index (χ4n) is 4.81. The molecule has 4 N–H and O–H groups in total. The second-order valence-electron chi connectivity index (χ2n) is 9.95. The van der Waals surface area contributed by atoms with Crippen molar-refractivity contribution in [3.63, 3.8) is 0 Å². The molecule has 2 atom stereocenters. The molecule has 2 amide bonds. The number of nitrogens with zero attached hydrogens (tertiary/aromatic N) is 4. The second kappa shape index (κ2) is 14.5. The number of morpholine rings is 1. The minimum atomic E-state index is -1.98. The first-order valence-corrected chi connectivity index (χ1v) is 13.9. The van der Waals surface area contributed by atoms with Crippen LogP contribution in [-0.2, 0) is 23.9 Å². The molecule has 2 fully saturated rings. The average Bonchev–Trinajstić information content (AvgIpc) is 3.03. The minimum absolute atomic E-state index is 0.0971. The zero-order valence-electron chi connectivity index (χ0n) is 23.6. The van der Waals surface area contributed by atoms with Crippen LogP contribution in [0.3, 0.4) is 0 Å². The van der Waals surface area contributed by atoms with Crippen molar-refractivity contribution in [3.05, 3.63) is 42.1 Å². The van der Waals surface area contributed by atoms with E-state index in [2.05, 4.69) is 20.6 Å². The lowest BCUT2D eigenvalue weighted by atomic mass is 9.93. The van der Waals surface area contributed by atoms with Gasteiger partial charge >= 0.3 is 18.0 Å². The van der Waals surface area contributed by atoms with Gasteiger partial charge in [0.25, 0.3) is 5.91 Å². The van der Waals surface area contributed by atoms with E-state index < -0.39 is 54.1 Å². The molecule has 15 nitrogen and oxygen atoms in total. The molecule has 4 rings (SSSR count). The van der Waals surface area contributed by atoms with E-state index in [0.717, 1.165) is 0 Å². The highest BCUT2D eigenvalue weighted by Gasteiger charge is 2.38. The summed E-state index contributed by atoms with van der Waals surface area (Å²) in [5, 5.41) is 24.5. The third-order valence-corrected chi connectivity index (χ3v) is 7.07. The number of benzene rings is 1. The summed E-state index contributed by atoms with van der Waals surface area (Å²) in [7, 11) is 0. The van der Waals surface area contributed by atoms with E-state index in [4.69, 9.17) is 9.47 Å². The Morgan fingerprint density at radius 2 is 1.77 bits per heavy atom. The predicted octanol–water partition coefficient (Wildman–Crippen LogP) is 0.254. The summed E-state index contributed by atoms with van der Waals surface area (Å²) < 4.78 is 10.5. The number of aromatic nitrogens is 2. The van der Waals surface area contributed by atoms with E-state index in [-0.39, 0.29) is 37.8 Å². The summed E-state index contributed by atoms with van der Waals surface area (Å²) in [6, 6.07) is 7.88. The number of anilines is 1. The molecule has 2 saturated heterocycles. The molecular formula is C28H34N6O9. The van der Waals surface area contributed by atoms with Gasteiger partial charge in [0, 0.05) is 44.4 Å². The van der Waals surface area contributed by atoms with Crippen molar-refractivity contribution >= 4 is 35.5 Å². The first-order valence-electron chi connectivity index (χ1n) is 13.9. The van der Waals surface area contributed by atoms with Gasteiger partial charge in [-0.3, -0.25) is 19.2 Å². The van der Waals surface area contributed by atoms with E-state index in [1.54, 1.807) is 31.2 Å². The van der Waals surface area contributed by atoms with Crippen molar-refractivity contribution in [2.75, 3.05) is 57.4 Å². The number of hydrogen-bond acceptors (Lipinski definition) is 11. The van der Waals surface area contributed by atoms with Crippen molar-refractivity contribution in [1.82, 2.24) is 25.5 Å². The number of carbonyl (C=O) groups excluding carboxylic acids is 3. The largest absolute Gasteiger partial charge is 0.481 e. The first-order chi connectivity index (χ1) is 20.7. The smallest absolute Gasteiger partial charge is 0.409 e. The topological polar surface area (TPSA) is 201 Å². The van der Waals surface area contributed by atoms with Gasteiger partial charge in [0.15, 0.2) is 17.5 Å². The number of amides is 2. The van der Waals surface area contributed by atoms with Gasteiger partial charge in [-0.2, -0.15) is 0 Å². The number of Topliss-reactive ketones (excluding diaryl/α,β-unsaturated/α-hetero) is 1. The van der Waals surface area contributed by atoms with Crippen molar-refractivity contribution in [3.8, 4) is 11.4 Å². The van der Waals surface area contributed by atoms with Crippen molar-refractivity contribution in [2.24, 2.45) is 5.92 Å². The van der Waals surface area contributed by atoms with Gasteiger partial charge in [-0.25, -0.2) is 14.8 Å². The summed E-state index contributed by atoms with van der Waals surface area (Å²) in [5.74, 6) is -6.09.